The van der Waals surface area contributed by atoms with E-state index in [0.717, 1.165) is 6.08 Å². The second-order valence-corrected chi connectivity index (χ2v) is 6.57. The Bertz CT molecular complexity index is 859. The van der Waals surface area contributed by atoms with Crippen LogP contribution in [0.2, 0.25) is 5.02 Å². The van der Waals surface area contributed by atoms with E-state index in [1.165, 1.54) is 11.1 Å². The maximum atomic E-state index is 14.0. The van der Waals surface area contributed by atoms with Crippen LogP contribution in [0.3, 0.4) is 0 Å². The van der Waals surface area contributed by atoms with Crippen molar-refractivity contribution in [1.82, 2.24) is 14.9 Å². The van der Waals surface area contributed by atoms with E-state index in [1.54, 1.807) is 24.3 Å². The van der Waals surface area contributed by atoms with Crippen LogP contribution in [0.5, 0.6) is 0 Å². The third kappa shape index (κ3) is 3.83. The average Bonchev–Trinajstić information content (AvgIpc) is 2.60. The predicted molar refractivity (Wildman–Crippen MR) is 95.7 cm³/mol. The molecule has 0 saturated carbocycles. The molecule has 2 aromatic rings. The number of piperidine rings is 1. The van der Waals surface area contributed by atoms with E-state index in [0.29, 0.717) is 21.8 Å². The van der Waals surface area contributed by atoms with Gasteiger partial charge < -0.3 is 10.6 Å². The lowest BCUT2D eigenvalue weighted by molar-refractivity contribution is -0.138. The van der Waals surface area contributed by atoms with Crippen molar-refractivity contribution in [2.75, 3.05) is 12.3 Å². The Morgan fingerprint density at radius 2 is 2.19 bits per heavy atom. The van der Waals surface area contributed by atoms with Gasteiger partial charge >= 0.3 is 0 Å². The zero-order chi connectivity index (χ0) is 18.9. The van der Waals surface area contributed by atoms with Crippen molar-refractivity contribution in [3.05, 3.63) is 53.7 Å². The Balaban J connectivity index is 2.05. The fourth-order valence-corrected chi connectivity index (χ4v) is 3.34. The number of hydrogen-bond acceptors (Lipinski definition) is 4. The molecule has 136 valence electrons. The summed E-state index contributed by atoms with van der Waals surface area (Å²) in [5.41, 5.74) is 7.26. The second-order valence-electron chi connectivity index (χ2n) is 6.13. The van der Waals surface area contributed by atoms with Crippen LogP contribution in [-0.4, -0.2) is 33.2 Å². The van der Waals surface area contributed by atoms with Gasteiger partial charge in [-0.1, -0.05) is 18.2 Å². The highest BCUT2D eigenvalue weighted by atomic mass is 35.5. The first-order valence-electron chi connectivity index (χ1n) is 7.99. The number of nitrogens with two attached hydrogens (primary N) is 1. The maximum absolute atomic E-state index is 14.0. The standard InChI is InChI=1S/C18H17ClF2N4O/c1-2-16(26)25-6-4-18(20,21)10-15(25)12-7-11(8-13(19)9-12)14-3-5-23-17(22)24-14/h2-3,5,7-9,15H,1,4,6,10H2,(H2,22,23,24). The first kappa shape index (κ1) is 18.3. The zero-order valence-electron chi connectivity index (χ0n) is 13.8. The molecule has 1 amide bonds. The molecule has 1 fully saturated rings. The molecule has 5 nitrogen and oxygen atoms in total. The molecule has 3 rings (SSSR count). The van der Waals surface area contributed by atoms with Crippen LogP contribution < -0.4 is 5.73 Å². The number of rotatable bonds is 3. The molecule has 1 atom stereocenters. The molecule has 2 N–H and O–H groups in total. The van der Waals surface area contributed by atoms with Crippen molar-refractivity contribution in [1.29, 1.82) is 0 Å². The molecule has 8 heteroatoms. The minimum atomic E-state index is -2.86. The first-order valence-corrected chi connectivity index (χ1v) is 8.37. The number of benzene rings is 1. The summed E-state index contributed by atoms with van der Waals surface area (Å²) in [5.74, 6) is -3.15. The molecule has 1 aromatic heterocycles. The van der Waals surface area contributed by atoms with E-state index >= 15 is 0 Å². The highest BCUT2D eigenvalue weighted by molar-refractivity contribution is 6.31. The Hall–Kier alpha value is -2.54. The number of nitrogen functional groups attached to an aromatic ring is 1. The molecule has 1 aliphatic heterocycles. The summed E-state index contributed by atoms with van der Waals surface area (Å²) in [5, 5.41) is 0.356. The molecule has 26 heavy (non-hydrogen) atoms. The summed E-state index contributed by atoms with van der Waals surface area (Å²) in [6, 6.07) is 5.79. The van der Waals surface area contributed by atoms with Crippen LogP contribution in [0.25, 0.3) is 11.3 Å². The summed E-state index contributed by atoms with van der Waals surface area (Å²) in [6.07, 6.45) is 1.78. The highest BCUT2D eigenvalue weighted by Crippen LogP contribution is 2.41. The number of nitrogens with zero attached hydrogens (tertiary/aromatic N) is 3. The van der Waals surface area contributed by atoms with Gasteiger partial charge in [0.05, 0.1) is 11.7 Å². The van der Waals surface area contributed by atoms with E-state index in [9.17, 15) is 13.6 Å². The van der Waals surface area contributed by atoms with Gasteiger partial charge in [0.1, 0.15) is 0 Å². The molecular weight excluding hydrogens is 362 g/mol. The van der Waals surface area contributed by atoms with Crippen LogP contribution in [0.1, 0.15) is 24.4 Å². The molecule has 1 unspecified atom stereocenters. The molecule has 0 bridgehead atoms. The van der Waals surface area contributed by atoms with Gasteiger partial charge in [-0.25, -0.2) is 18.7 Å². The quantitative estimate of drug-likeness (QED) is 0.823. The van der Waals surface area contributed by atoms with Gasteiger partial charge in [-0.3, -0.25) is 4.79 Å². The number of aromatic nitrogens is 2. The third-order valence-corrected chi connectivity index (χ3v) is 4.54. The highest BCUT2D eigenvalue weighted by Gasteiger charge is 2.42. The summed E-state index contributed by atoms with van der Waals surface area (Å²) in [4.78, 5) is 21.5. The van der Waals surface area contributed by atoms with Gasteiger partial charge in [0.15, 0.2) is 0 Å². The third-order valence-electron chi connectivity index (χ3n) is 4.32. The minimum Gasteiger partial charge on any atom is -0.368 e. The number of carbonyl (C=O) groups excluding carboxylic acids is 1. The molecule has 0 spiro atoms. The molecule has 0 aliphatic carbocycles. The van der Waals surface area contributed by atoms with Crippen molar-refractivity contribution in [3.8, 4) is 11.3 Å². The summed E-state index contributed by atoms with van der Waals surface area (Å²) in [7, 11) is 0. The molecule has 1 aromatic carbocycles. The largest absolute Gasteiger partial charge is 0.368 e. The van der Waals surface area contributed by atoms with Crippen molar-refractivity contribution in [2.24, 2.45) is 0 Å². The number of likely N-dealkylation sites (tertiary alicyclic amines) is 1. The van der Waals surface area contributed by atoms with Gasteiger partial charge in [-0.15, -0.1) is 0 Å². The van der Waals surface area contributed by atoms with Crippen molar-refractivity contribution in [3.63, 3.8) is 0 Å². The first-order chi connectivity index (χ1) is 12.3. The second kappa shape index (κ2) is 6.99. The Morgan fingerprint density at radius 1 is 1.42 bits per heavy atom. The molecular formula is C18H17ClF2N4O. The minimum absolute atomic E-state index is 0.0508. The molecule has 1 saturated heterocycles. The van der Waals surface area contributed by atoms with E-state index < -0.39 is 24.3 Å². The number of carbonyl (C=O) groups is 1. The SMILES string of the molecule is C=CC(=O)N1CCC(F)(F)CC1c1cc(Cl)cc(-c2ccnc(N)n2)c1. The Labute approximate surface area is 154 Å². The molecule has 2 heterocycles. The number of halogens is 3. The topological polar surface area (TPSA) is 72.1 Å². The van der Waals surface area contributed by atoms with Crippen LogP contribution in [0.15, 0.2) is 43.1 Å². The fourth-order valence-electron chi connectivity index (χ4n) is 3.10. The van der Waals surface area contributed by atoms with E-state index in [2.05, 4.69) is 16.5 Å². The van der Waals surface area contributed by atoms with Crippen LogP contribution in [-0.2, 0) is 4.79 Å². The smallest absolute Gasteiger partial charge is 0.252 e. The fraction of sp³-hybridized carbons (Fsp3) is 0.278. The van der Waals surface area contributed by atoms with E-state index in [1.807, 2.05) is 0 Å². The number of hydrogen-bond donors (Lipinski definition) is 1. The lowest BCUT2D eigenvalue weighted by Gasteiger charge is -2.39. The number of alkyl halides is 2. The van der Waals surface area contributed by atoms with Gasteiger partial charge in [-0.2, -0.15) is 0 Å². The van der Waals surface area contributed by atoms with Gasteiger partial charge in [0.2, 0.25) is 11.9 Å². The summed E-state index contributed by atoms with van der Waals surface area (Å²) < 4.78 is 28.0. The van der Waals surface area contributed by atoms with Crippen LogP contribution in [0.4, 0.5) is 14.7 Å². The van der Waals surface area contributed by atoms with Crippen LogP contribution >= 0.6 is 11.6 Å². The lowest BCUT2D eigenvalue weighted by Crippen LogP contribution is -2.44. The number of amides is 1. The van der Waals surface area contributed by atoms with Gasteiger partial charge in [0, 0.05) is 36.2 Å². The maximum Gasteiger partial charge on any atom is 0.252 e. The van der Waals surface area contributed by atoms with Gasteiger partial charge in [0.25, 0.3) is 5.92 Å². The predicted octanol–water partition coefficient (Wildman–Crippen LogP) is 3.86. The summed E-state index contributed by atoms with van der Waals surface area (Å²) >= 11 is 6.21. The Morgan fingerprint density at radius 3 is 2.88 bits per heavy atom. The number of anilines is 1. The zero-order valence-corrected chi connectivity index (χ0v) is 14.6. The van der Waals surface area contributed by atoms with E-state index in [-0.39, 0.29) is 18.9 Å². The van der Waals surface area contributed by atoms with Crippen molar-refractivity contribution >= 4 is 23.5 Å². The van der Waals surface area contributed by atoms with Gasteiger partial charge in [-0.05, 0) is 35.9 Å². The van der Waals surface area contributed by atoms with Crippen LogP contribution in [0, 0.1) is 0 Å². The summed E-state index contributed by atoms with van der Waals surface area (Å²) in [6.45, 7) is 3.41. The average molecular weight is 379 g/mol. The Kier molecular flexibility index (Phi) is 4.91. The van der Waals surface area contributed by atoms with Crippen molar-refractivity contribution < 1.29 is 13.6 Å². The molecule has 1 aliphatic rings. The normalized spacial score (nSPS) is 19.2. The monoisotopic (exact) mass is 378 g/mol. The van der Waals surface area contributed by atoms with Crippen molar-refractivity contribution in [2.45, 2.75) is 24.8 Å². The lowest BCUT2D eigenvalue weighted by atomic mass is 9.91. The van der Waals surface area contributed by atoms with E-state index in [4.69, 9.17) is 17.3 Å². The molecule has 0 radical (unpaired) electrons.